The van der Waals surface area contributed by atoms with Crippen LogP contribution in [0, 0.1) is 22.7 Å². The summed E-state index contributed by atoms with van der Waals surface area (Å²) in [7, 11) is 0. The number of nitrogens with zero attached hydrogens (tertiary/aromatic N) is 2. The van der Waals surface area contributed by atoms with E-state index in [0.29, 0.717) is 18.0 Å². The SMILES string of the molecule is C[C@@H]1C[C@@H](c2c[nH]cc(C#N)c2=O)N(C(=O)C2(C)CC2)C1. The summed E-state index contributed by atoms with van der Waals surface area (Å²) >= 11 is 0. The zero-order valence-corrected chi connectivity index (χ0v) is 12.3. The quantitative estimate of drug-likeness (QED) is 0.902. The minimum atomic E-state index is -0.255. The number of H-pyrrole nitrogens is 1. The summed E-state index contributed by atoms with van der Waals surface area (Å²) < 4.78 is 0. The van der Waals surface area contributed by atoms with E-state index < -0.39 is 0 Å². The lowest BCUT2D eigenvalue weighted by Gasteiger charge is -2.27. The van der Waals surface area contributed by atoms with Crippen LogP contribution in [-0.2, 0) is 4.79 Å². The second-order valence-corrected chi connectivity index (χ2v) is 6.64. The van der Waals surface area contributed by atoms with Crippen LogP contribution < -0.4 is 5.43 Å². The van der Waals surface area contributed by atoms with Gasteiger partial charge in [0.25, 0.3) is 0 Å². The molecule has 21 heavy (non-hydrogen) atoms. The third-order valence-corrected chi connectivity index (χ3v) is 4.74. The minimum Gasteiger partial charge on any atom is -0.366 e. The standard InChI is InChI=1S/C16H19N3O2/c1-10-5-13(12-8-18-7-11(6-17)14(12)20)19(9-10)15(21)16(2)3-4-16/h7-8,10,13H,3-5,9H2,1-2H3,(H,18,20)/t10-,13+/m1/s1. The number of nitriles is 1. The van der Waals surface area contributed by atoms with Gasteiger partial charge in [-0.25, -0.2) is 0 Å². The maximum absolute atomic E-state index is 12.7. The average molecular weight is 285 g/mol. The molecule has 2 fully saturated rings. The Morgan fingerprint density at radius 1 is 1.48 bits per heavy atom. The van der Waals surface area contributed by atoms with E-state index in [0.717, 1.165) is 19.3 Å². The first-order chi connectivity index (χ1) is 9.96. The van der Waals surface area contributed by atoms with Crippen LogP contribution in [0.1, 0.15) is 50.3 Å². The van der Waals surface area contributed by atoms with Gasteiger partial charge >= 0.3 is 0 Å². The van der Waals surface area contributed by atoms with E-state index in [1.165, 1.54) is 6.20 Å². The highest BCUT2D eigenvalue weighted by molar-refractivity contribution is 5.85. The predicted molar refractivity (Wildman–Crippen MR) is 77.4 cm³/mol. The number of amides is 1. The molecule has 0 radical (unpaired) electrons. The summed E-state index contributed by atoms with van der Waals surface area (Å²) in [6.07, 6.45) is 5.69. The fraction of sp³-hybridized carbons (Fsp3) is 0.562. The zero-order valence-electron chi connectivity index (χ0n) is 12.3. The monoisotopic (exact) mass is 285 g/mol. The van der Waals surface area contributed by atoms with Gasteiger partial charge in [0, 0.05) is 29.9 Å². The molecule has 1 aromatic rings. The van der Waals surface area contributed by atoms with Crippen molar-refractivity contribution in [1.29, 1.82) is 5.26 Å². The molecule has 5 heteroatoms. The van der Waals surface area contributed by atoms with Gasteiger partial charge in [-0.2, -0.15) is 5.26 Å². The van der Waals surface area contributed by atoms with E-state index in [-0.39, 0.29) is 28.4 Å². The molecule has 5 nitrogen and oxygen atoms in total. The maximum Gasteiger partial charge on any atom is 0.229 e. The predicted octanol–water partition coefficient (Wildman–Crippen LogP) is 1.96. The van der Waals surface area contributed by atoms with E-state index in [4.69, 9.17) is 5.26 Å². The van der Waals surface area contributed by atoms with E-state index in [1.807, 2.05) is 17.9 Å². The van der Waals surface area contributed by atoms with Gasteiger partial charge in [0.15, 0.2) is 0 Å². The second kappa shape index (κ2) is 4.73. The highest BCUT2D eigenvalue weighted by Crippen LogP contribution is 2.49. The topological polar surface area (TPSA) is 77.0 Å². The number of aromatic nitrogens is 1. The van der Waals surface area contributed by atoms with Crippen LogP contribution in [0.2, 0.25) is 0 Å². The van der Waals surface area contributed by atoms with E-state index in [1.54, 1.807) is 6.20 Å². The Morgan fingerprint density at radius 3 is 2.81 bits per heavy atom. The van der Waals surface area contributed by atoms with E-state index in [9.17, 15) is 9.59 Å². The van der Waals surface area contributed by atoms with Crippen LogP contribution in [0.5, 0.6) is 0 Å². The van der Waals surface area contributed by atoms with Crippen molar-refractivity contribution in [3.63, 3.8) is 0 Å². The lowest BCUT2D eigenvalue weighted by Crippen LogP contribution is -2.37. The molecule has 2 atom stereocenters. The highest BCUT2D eigenvalue weighted by Gasteiger charge is 2.50. The summed E-state index contributed by atoms with van der Waals surface area (Å²) in [6.45, 7) is 4.78. The van der Waals surface area contributed by atoms with Crippen molar-refractivity contribution in [2.45, 2.75) is 39.2 Å². The zero-order chi connectivity index (χ0) is 15.2. The number of nitrogens with one attached hydrogen (secondary N) is 1. The third-order valence-electron chi connectivity index (χ3n) is 4.74. The number of likely N-dealkylation sites (tertiary alicyclic amines) is 1. The van der Waals surface area contributed by atoms with Crippen molar-refractivity contribution in [2.24, 2.45) is 11.3 Å². The van der Waals surface area contributed by atoms with Crippen LogP contribution in [0.15, 0.2) is 17.2 Å². The second-order valence-electron chi connectivity index (χ2n) is 6.64. The van der Waals surface area contributed by atoms with Crippen molar-refractivity contribution in [2.75, 3.05) is 6.54 Å². The van der Waals surface area contributed by atoms with Gasteiger partial charge in [-0.05, 0) is 25.2 Å². The number of hydrogen-bond acceptors (Lipinski definition) is 3. The number of aromatic amines is 1. The van der Waals surface area contributed by atoms with Gasteiger partial charge < -0.3 is 9.88 Å². The maximum atomic E-state index is 12.7. The van der Waals surface area contributed by atoms with Crippen molar-refractivity contribution >= 4 is 5.91 Å². The number of rotatable bonds is 2. The van der Waals surface area contributed by atoms with Crippen molar-refractivity contribution < 1.29 is 4.79 Å². The lowest BCUT2D eigenvalue weighted by atomic mass is 10.00. The molecule has 3 rings (SSSR count). The molecule has 1 saturated heterocycles. The Morgan fingerprint density at radius 2 is 2.19 bits per heavy atom. The Bertz CT molecular complexity index is 681. The molecule has 2 aliphatic rings. The molecule has 110 valence electrons. The van der Waals surface area contributed by atoms with Crippen molar-refractivity contribution in [3.8, 4) is 6.07 Å². The molecular weight excluding hydrogens is 266 g/mol. The average Bonchev–Trinajstić information content (AvgIpc) is 3.10. The Balaban J connectivity index is 1.98. The highest BCUT2D eigenvalue weighted by atomic mass is 16.2. The Labute approximate surface area is 123 Å². The molecule has 1 aliphatic heterocycles. The molecule has 2 heterocycles. The van der Waals surface area contributed by atoms with Gasteiger partial charge in [0.05, 0.1) is 6.04 Å². The molecule has 1 amide bonds. The Hall–Kier alpha value is -2.09. The van der Waals surface area contributed by atoms with Gasteiger partial charge in [-0.3, -0.25) is 9.59 Å². The van der Waals surface area contributed by atoms with Gasteiger partial charge in [-0.1, -0.05) is 13.8 Å². The Kier molecular flexibility index (Phi) is 3.12. The van der Waals surface area contributed by atoms with Crippen LogP contribution in [0.4, 0.5) is 0 Å². The molecular formula is C16H19N3O2. The smallest absolute Gasteiger partial charge is 0.229 e. The number of carbonyl (C=O) groups is 1. The van der Waals surface area contributed by atoms with Crippen LogP contribution in [0.3, 0.4) is 0 Å². The summed E-state index contributed by atoms with van der Waals surface area (Å²) in [5.74, 6) is 0.519. The first-order valence-electron chi connectivity index (χ1n) is 7.38. The minimum absolute atomic E-state index is 0.108. The first-order valence-corrected chi connectivity index (χ1v) is 7.38. The molecule has 1 N–H and O–H groups in total. The normalized spacial score (nSPS) is 26.4. The fourth-order valence-electron chi connectivity index (χ4n) is 3.15. The largest absolute Gasteiger partial charge is 0.366 e. The van der Waals surface area contributed by atoms with Crippen molar-refractivity contribution in [3.05, 3.63) is 33.7 Å². The number of hydrogen-bond donors (Lipinski definition) is 1. The third kappa shape index (κ3) is 2.25. The van der Waals surface area contributed by atoms with Crippen LogP contribution in [0.25, 0.3) is 0 Å². The molecule has 0 spiro atoms. The van der Waals surface area contributed by atoms with Crippen LogP contribution >= 0.6 is 0 Å². The first kappa shape index (κ1) is 13.9. The van der Waals surface area contributed by atoms with Crippen molar-refractivity contribution in [1.82, 2.24) is 9.88 Å². The van der Waals surface area contributed by atoms with Gasteiger partial charge in [0.1, 0.15) is 11.6 Å². The molecule has 0 bridgehead atoms. The van der Waals surface area contributed by atoms with Gasteiger partial charge in [0.2, 0.25) is 11.3 Å². The number of carbonyl (C=O) groups excluding carboxylic acids is 1. The molecule has 1 aromatic heterocycles. The fourth-order valence-corrected chi connectivity index (χ4v) is 3.15. The number of pyridine rings is 1. The summed E-state index contributed by atoms with van der Waals surface area (Å²) in [5, 5.41) is 9.00. The van der Waals surface area contributed by atoms with E-state index in [2.05, 4.69) is 11.9 Å². The summed E-state index contributed by atoms with van der Waals surface area (Å²) in [6, 6.07) is 1.70. The molecule has 0 aromatic carbocycles. The molecule has 0 unspecified atom stereocenters. The van der Waals surface area contributed by atoms with Crippen LogP contribution in [-0.4, -0.2) is 22.3 Å². The summed E-state index contributed by atoms with van der Waals surface area (Å²) in [4.78, 5) is 29.7. The molecule has 1 aliphatic carbocycles. The lowest BCUT2D eigenvalue weighted by molar-refractivity contribution is -0.137. The van der Waals surface area contributed by atoms with Gasteiger partial charge in [-0.15, -0.1) is 0 Å². The molecule has 1 saturated carbocycles. The summed E-state index contributed by atoms with van der Waals surface area (Å²) in [5.41, 5.74) is 0.157. The van der Waals surface area contributed by atoms with E-state index >= 15 is 0 Å².